The maximum atomic E-state index is 12.7. The fraction of sp³-hybridized carbons (Fsp3) is 0.412. The van der Waals surface area contributed by atoms with Crippen LogP contribution in [-0.2, 0) is 9.53 Å². The minimum atomic E-state index is -1.11. The number of para-hydroxylation sites is 1. The molecule has 1 N–H and O–H groups in total. The Kier molecular flexibility index (Phi) is 3.73. The van der Waals surface area contributed by atoms with Gasteiger partial charge in [-0.25, -0.2) is 0 Å². The van der Waals surface area contributed by atoms with Crippen LogP contribution in [0, 0.1) is 12.3 Å². The van der Waals surface area contributed by atoms with E-state index in [0.29, 0.717) is 12.0 Å². The second-order valence-corrected chi connectivity index (χ2v) is 7.78. The standard InChI is InChI=1S/C17H17Cl2NO3/c1-9-13(11-6-4-5-7-12(11)20-9)14(21)10(2)23-15(22)16(3)8-17(16,18)19/h4-7,10,20H,8H2,1-3H3/t10-,16+/m0/s1. The molecule has 0 amide bonds. The average molecular weight is 354 g/mol. The van der Waals surface area contributed by atoms with Crippen LogP contribution in [0.25, 0.3) is 10.9 Å². The highest BCUT2D eigenvalue weighted by Crippen LogP contribution is 2.64. The van der Waals surface area contributed by atoms with Crippen molar-refractivity contribution >= 4 is 45.9 Å². The lowest BCUT2D eigenvalue weighted by atomic mass is 10.0. The summed E-state index contributed by atoms with van der Waals surface area (Å²) in [5, 5.41) is 0.819. The molecular weight excluding hydrogens is 337 g/mol. The Morgan fingerprint density at radius 3 is 2.52 bits per heavy atom. The largest absolute Gasteiger partial charge is 0.454 e. The van der Waals surface area contributed by atoms with Crippen LogP contribution in [0.4, 0.5) is 0 Å². The van der Waals surface area contributed by atoms with Crippen molar-refractivity contribution in [2.75, 3.05) is 0 Å². The van der Waals surface area contributed by atoms with Crippen molar-refractivity contribution in [3.63, 3.8) is 0 Å². The highest BCUT2D eigenvalue weighted by Gasteiger charge is 2.69. The first-order valence-electron chi connectivity index (χ1n) is 7.38. The number of fused-ring (bicyclic) bond motifs is 1. The van der Waals surface area contributed by atoms with E-state index in [-0.39, 0.29) is 5.78 Å². The molecule has 1 aliphatic rings. The first-order valence-corrected chi connectivity index (χ1v) is 8.13. The topological polar surface area (TPSA) is 59.2 Å². The Labute approximate surface area is 144 Å². The monoisotopic (exact) mass is 353 g/mol. The summed E-state index contributed by atoms with van der Waals surface area (Å²) < 4.78 is 4.22. The summed E-state index contributed by atoms with van der Waals surface area (Å²) >= 11 is 12.0. The molecule has 2 aromatic rings. The second-order valence-electron chi connectivity index (χ2n) is 6.30. The molecule has 4 nitrogen and oxygen atoms in total. The lowest BCUT2D eigenvalue weighted by Crippen LogP contribution is -2.30. The zero-order valence-corrected chi connectivity index (χ0v) is 14.6. The zero-order valence-electron chi connectivity index (χ0n) is 13.1. The predicted molar refractivity (Wildman–Crippen MR) is 90.1 cm³/mol. The Balaban J connectivity index is 1.83. The molecule has 1 aliphatic carbocycles. The molecule has 0 bridgehead atoms. The van der Waals surface area contributed by atoms with E-state index in [2.05, 4.69) is 4.98 Å². The average Bonchev–Trinajstić information content (AvgIpc) is 2.85. The van der Waals surface area contributed by atoms with E-state index in [1.54, 1.807) is 13.8 Å². The normalized spacial score (nSPS) is 23.5. The number of aromatic amines is 1. The van der Waals surface area contributed by atoms with Crippen LogP contribution in [0.5, 0.6) is 0 Å². The number of ketones is 1. The number of alkyl halides is 2. The lowest BCUT2D eigenvalue weighted by Gasteiger charge is -2.16. The summed E-state index contributed by atoms with van der Waals surface area (Å²) in [4.78, 5) is 28.1. The van der Waals surface area contributed by atoms with Crippen LogP contribution >= 0.6 is 23.2 Å². The van der Waals surface area contributed by atoms with E-state index >= 15 is 0 Å². The molecular formula is C17H17Cl2NO3. The highest BCUT2D eigenvalue weighted by molar-refractivity contribution is 6.53. The predicted octanol–water partition coefficient (Wildman–Crippen LogP) is 4.17. The van der Waals surface area contributed by atoms with Crippen LogP contribution < -0.4 is 0 Å². The van der Waals surface area contributed by atoms with Crippen molar-refractivity contribution in [1.82, 2.24) is 4.98 Å². The Morgan fingerprint density at radius 2 is 1.91 bits per heavy atom. The molecule has 23 heavy (non-hydrogen) atoms. The molecule has 0 saturated heterocycles. The molecule has 1 heterocycles. The number of benzene rings is 1. The van der Waals surface area contributed by atoms with Crippen molar-refractivity contribution < 1.29 is 14.3 Å². The van der Waals surface area contributed by atoms with Crippen LogP contribution in [0.15, 0.2) is 24.3 Å². The molecule has 6 heteroatoms. The van der Waals surface area contributed by atoms with Gasteiger partial charge in [-0.1, -0.05) is 18.2 Å². The smallest absolute Gasteiger partial charge is 0.315 e. The summed E-state index contributed by atoms with van der Waals surface area (Å²) in [7, 11) is 0. The van der Waals surface area contributed by atoms with Crippen LogP contribution in [0.2, 0.25) is 0 Å². The molecule has 3 rings (SSSR count). The Morgan fingerprint density at radius 1 is 1.30 bits per heavy atom. The van der Waals surface area contributed by atoms with Gasteiger partial charge in [-0.15, -0.1) is 23.2 Å². The number of hydrogen-bond acceptors (Lipinski definition) is 3. The number of carbonyl (C=O) groups is 2. The van der Waals surface area contributed by atoms with E-state index in [9.17, 15) is 9.59 Å². The molecule has 1 aromatic heterocycles. The molecule has 0 unspecified atom stereocenters. The van der Waals surface area contributed by atoms with Crippen molar-refractivity contribution in [2.45, 2.75) is 37.6 Å². The van der Waals surface area contributed by atoms with E-state index in [1.165, 1.54) is 0 Å². The number of carbonyl (C=O) groups excluding carboxylic acids is 2. The summed E-state index contributed by atoms with van der Waals surface area (Å²) in [6, 6.07) is 7.52. The van der Waals surface area contributed by atoms with Crippen molar-refractivity contribution in [2.24, 2.45) is 5.41 Å². The number of H-pyrrole nitrogens is 1. The van der Waals surface area contributed by atoms with Gasteiger partial charge in [0.1, 0.15) is 9.75 Å². The van der Waals surface area contributed by atoms with Crippen LogP contribution in [0.3, 0.4) is 0 Å². The quantitative estimate of drug-likeness (QED) is 0.509. The van der Waals surface area contributed by atoms with Gasteiger partial charge in [0.05, 0.1) is 0 Å². The molecule has 2 atom stereocenters. The van der Waals surface area contributed by atoms with Crippen LogP contribution in [0.1, 0.15) is 36.3 Å². The first kappa shape index (κ1) is 16.3. The first-order chi connectivity index (χ1) is 10.7. The maximum Gasteiger partial charge on any atom is 0.315 e. The van der Waals surface area contributed by atoms with Gasteiger partial charge in [0.25, 0.3) is 0 Å². The van der Waals surface area contributed by atoms with Gasteiger partial charge in [-0.3, -0.25) is 9.59 Å². The number of aryl methyl sites for hydroxylation is 1. The third-order valence-electron chi connectivity index (χ3n) is 4.50. The van der Waals surface area contributed by atoms with Crippen molar-refractivity contribution in [3.05, 3.63) is 35.5 Å². The Hall–Kier alpha value is -1.52. The SMILES string of the molecule is Cc1[nH]c2ccccc2c1C(=O)[C@H](C)OC(=O)[C@@]1(C)CC1(Cl)Cl. The Bertz CT molecular complexity index is 811. The minimum Gasteiger partial charge on any atom is -0.454 e. The fourth-order valence-electron chi connectivity index (χ4n) is 2.76. The highest BCUT2D eigenvalue weighted by atomic mass is 35.5. The van der Waals surface area contributed by atoms with E-state index < -0.39 is 21.8 Å². The lowest BCUT2D eigenvalue weighted by molar-refractivity contribution is -0.152. The number of rotatable bonds is 4. The minimum absolute atomic E-state index is 0.243. The van der Waals surface area contributed by atoms with Gasteiger partial charge in [-0.05, 0) is 26.8 Å². The number of esters is 1. The number of halogens is 2. The summed E-state index contributed by atoms with van der Waals surface area (Å²) in [5.74, 6) is -0.784. The van der Waals surface area contributed by atoms with Gasteiger partial charge >= 0.3 is 5.97 Å². The number of Topliss-reactive ketones (excluding diaryl/α,β-unsaturated/α-hetero) is 1. The molecule has 1 fully saturated rings. The number of hydrogen-bond donors (Lipinski definition) is 1. The number of aromatic nitrogens is 1. The third kappa shape index (κ3) is 2.54. The molecule has 1 saturated carbocycles. The zero-order chi connectivity index (χ0) is 17.0. The fourth-order valence-corrected chi connectivity index (χ4v) is 3.45. The maximum absolute atomic E-state index is 12.7. The third-order valence-corrected chi connectivity index (χ3v) is 5.60. The summed E-state index contributed by atoms with van der Waals surface area (Å²) in [6.07, 6.45) is -0.573. The van der Waals surface area contributed by atoms with E-state index in [0.717, 1.165) is 16.6 Å². The van der Waals surface area contributed by atoms with Crippen LogP contribution in [-0.4, -0.2) is 27.2 Å². The number of ether oxygens (including phenoxy) is 1. The molecule has 0 spiro atoms. The molecule has 0 radical (unpaired) electrons. The molecule has 1 aromatic carbocycles. The van der Waals surface area contributed by atoms with Gasteiger partial charge in [0.2, 0.25) is 5.78 Å². The van der Waals surface area contributed by atoms with E-state index in [1.807, 2.05) is 31.2 Å². The van der Waals surface area contributed by atoms with Gasteiger partial charge in [-0.2, -0.15) is 0 Å². The molecule has 122 valence electrons. The van der Waals surface area contributed by atoms with Gasteiger partial charge in [0.15, 0.2) is 6.10 Å². The van der Waals surface area contributed by atoms with Gasteiger partial charge in [0, 0.05) is 28.6 Å². The van der Waals surface area contributed by atoms with E-state index in [4.69, 9.17) is 27.9 Å². The number of nitrogens with one attached hydrogen (secondary N) is 1. The van der Waals surface area contributed by atoms with Crippen molar-refractivity contribution in [3.8, 4) is 0 Å². The van der Waals surface area contributed by atoms with Gasteiger partial charge < -0.3 is 9.72 Å². The summed E-state index contributed by atoms with van der Waals surface area (Å²) in [5.41, 5.74) is 1.23. The summed E-state index contributed by atoms with van der Waals surface area (Å²) in [6.45, 7) is 5.04. The molecule has 0 aliphatic heterocycles. The second kappa shape index (κ2) is 5.25. The van der Waals surface area contributed by atoms with Crippen molar-refractivity contribution in [1.29, 1.82) is 0 Å².